The van der Waals surface area contributed by atoms with Gasteiger partial charge in [-0.25, -0.2) is 0 Å². The van der Waals surface area contributed by atoms with Gasteiger partial charge in [-0.3, -0.25) is 4.98 Å². The van der Waals surface area contributed by atoms with Crippen molar-refractivity contribution < 1.29 is 25.4 Å². The molecule has 0 bridgehead atoms. The topological polar surface area (TPSA) is 33.1 Å². The molecule has 2 rings (SSSR count). The molecule has 2 nitrogen and oxygen atoms in total. The monoisotopic (exact) mass is 209 g/mol. The van der Waals surface area contributed by atoms with E-state index in [1.54, 1.807) is 12.1 Å². The first-order valence-corrected chi connectivity index (χ1v) is 5.07. The molecule has 0 radical (unpaired) electrons. The Kier molecular flexibility index (Phi) is 3.67. The zero-order valence-electron chi connectivity index (χ0n) is 11.3. The van der Waals surface area contributed by atoms with Gasteiger partial charge in [0.15, 0.2) is 0 Å². The molecular weight excluding hydrogens is 193 g/mol. The third-order valence-electron chi connectivity index (χ3n) is 2.44. The molecule has 0 aliphatic rings. The van der Waals surface area contributed by atoms with E-state index in [1.165, 1.54) is 0 Å². The molecule has 0 aliphatic carbocycles. The van der Waals surface area contributed by atoms with E-state index in [-0.39, 0.29) is 31.5 Å². The number of pyridine rings is 1. The molecule has 16 heavy (non-hydrogen) atoms. The molecule has 1 aromatic carbocycles. The van der Waals surface area contributed by atoms with Crippen molar-refractivity contribution in [2.75, 3.05) is 0 Å². The van der Waals surface area contributed by atoms with E-state index < -0.39 is 0 Å². The quantitative estimate of drug-likeness (QED) is 0.635. The summed E-state index contributed by atoms with van der Waals surface area (Å²) < 4.78 is 0. The van der Waals surface area contributed by atoms with Crippen LogP contribution in [0.15, 0.2) is 30.3 Å². The minimum atomic E-state index is 0. The van der Waals surface area contributed by atoms with Crippen LogP contribution in [0.2, 0.25) is 0 Å². The number of fused-ring (bicyclic) bond motifs is 1. The fraction of sp³-hybridized carbons (Fsp3) is 0.308. The predicted octanol–water partition coefficient (Wildman–Crippen LogP) is 0.354. The van der Waals surface area contributed by atoms with Crippen LogP contribution in [0.5, 0.6) is 5.75 Å². The first-order valence-electron chi connectivity index (χ1n) is 5.07. The Bertz CT molecular complexity index is 508. The van der Waals surface area contributed by atoms with Gasteiger partial charge in [0, 0.05) is 16.5 Å². The molecule has 0 unspecified atom stereocenters. The van der Waals surface area contributed by atoms with Crippen LogP contribution in [-0.4, -0.2) is 10.1 Å². The van der Waals surface area contributed by atoms with Crippen LogP contribution in [0.3, 0.4) is 0 Å². The first-order chi connectivity index (χ1) is 6.97. The molecule has 0 fully saturated rings. The summed E-state index contributed by atoms with van der Waals surface area (Å²) in [4.78, 5) is 4.58. The normalized spacial score (nSPS) is 11.2. The Morgan fingerprint density at radius 2 is 1.81 bits per heavy atom. The summed E-state index contributed by atoms with van der Waals surface area (Å²) in [5.74, 6) is 0.285. The minimum absolute atomic E-state index is 0. The minimum Gasteiger partial charge on any atom is -1.00 e. The maximum absolute atomic E-state index is 9.33. The largest absolute Gasteiger partial charge is 1.00 e. The molecule has 1 aromatic heterocycles. The third-order valence-corrected chi connectivity index (χ3v) is 2.44. The number of nitrogens with zero attached hydrogens (tertiary/aromatic N) is 1. The number of hydrogen-bond donors (Lipinski definition) is 1. The molecule has 2 aromatic rings. The van der Waals surface area contributed by atoms with E-state index in [0.29, 0.717) is 0 Å². The second-order valence-corrected chi connectivity index (χ2v) is 4.82. The summed E-state index contributed by atoms with van der Waals surface area (Å²) in [7, 11) is 0. The van der Waals surface area contributed by atoms with Gasteiger partial charge in [0.25, 0.3) is 0 Å². The van der Waals surface area contributed by atoms with Crippen LogP contribution in [0, 0.1) is 0 Å². The molecule has 0 spiro atoms. The number of rotatable bonds is 0. The van der Waals surface area contributed by atoms with Crippen molar-refractivity contribution in [1.82, 2.24) is 4.98 Å². The Morgan fingerprint density at radius 1 is 1.12 bits per heavy atom. The van der Waals surface area contributed by atoms with E-state index in [0.717, 1.165) is 16.6 Å². The first kappa shape index (κ1) is 13.1. The molecule has 1 heterocycles. The van der Waals surface area contributed by atoms with Gasteiger partial charge in [-0.15, -0.1) is 0 Å². The van der Waals surface area contributed by atoms with Crippen molar-refractivity contribution in [3.63, 3.8) is 0 Å². The van der Waals surface area contributed by atoms with E-state index in [1.807, 2.05) is 18.2 Å². The fourth-order valence-electron chi connectivity index (χ4n) is 1.53. The Hall–Kier alpha value is -0.973. The Labute approximate surface area is 109 Å². The standard InChI is InChI=1S/C13H15NO.Li.H/c1-13(2,3)12-7-4-9-8-10(15)5-6-11(9)14-12;;/h4-8,15H,1-3H3;;/q;+1;-1. The Balaban J connectivity index is 0.00000128. The maximum atomic E-state index is 9.33. The van der Waals surface area contributed by atoms with Crippen LogP contribution >= 0.6 is 0 Å². The summed E-state index contributed by atoms with van der Waals surface area (Å²) in [5, 5.41) is 10.3. The summed E-state index contributed by atoms with van der Waals surface area (Å²) in [5.41, 5.74) is 2.06. The summed E-state index contributed by atoms with van der Waals surface area (Å²) >= 11 is 0. The number of hydrogen-bond acceptors (Lipinski definition) is 2. The van der Waals surface area contributed by atoms with Crippen LogP contribution < -0.4 is 18.9 Å². The van der Waals surface area contributed by atoms with Crippen molar-refractivity contribution in [1.29, 1.82) is 0 Å². The molecular formula is C13H16LiNO. The van der Waals surface area contributed by atoms with Crippen molar-refractivity contribution >= 4 is 10.9 Å². The van der Waals surface area contributed by atoms with Crippen LogP contribution in [0.25, 0.3) is 10.9 Å². The maximum Gasteiger partial charge on any atom is 1.00 e. The van der Waals surface area contributed by atoms with E-state index in [4.69, 9.17) is 0 Å². The van der Waals surface area contributed by atoms with Crippen LogP contribution in [0.4, 0.5) is 0 Å². The smallest absolute Gasteiger partial charge is 1.00 e. The van der Waals surface area contributed by atoms with Gasteiger partial charge in [0.1, 0.15) is 5.75 Å². The predicted molar refractivity (Wildman–Crippen MR) is 63.2 cm³/mol. The van der Waals surface area contributed by atoms with Gasteiger partial charge in [-0.05, 0) is 24.3 Å². The number of phenols is 1. The van der Waals surface area contributed by atoms with E-state index >= 15 is 0 Å². The van der Waals surface area contributed by atoms with Gasteiger partial charge in [0.2, 0.25) is 0 Å². The number of benzene rings is 1. The molecule has 0 amide bonds. The summed E-state index contributed by atoms with van der Waals surface area (Å²) in [6.07, 6.45) is 0. The van der Waals surface area contributed by atoms with Crippen molar-refractivity contribution in [2.45, 2.75) is 26.2 Å². The molecule has 0 saturated carbocycles. The fourth-order valence-corrected chi connectivity index (χ4v) is 1.53. The van der Waals surface area contributed by atoms with Crippen molar-refractivity contribution in [2.24, 2.45) is 0 Å². The van der Waals surface area contributed by atoms with Crippen molar-refractivity contribution in [3.05, 3.63) is 36.0 Å². The third kappa shape index (κ3) is 2.58. The Morgan fingerprint density at radius 3 is 2.44 bits per heavy atom. The SMILES string of the molecule is CC(C)(C)c1ccc2cc(O)ccc2n1.[H-].[Li+]. The summed E-state index contributed by atoms with van der Waals surface area (Å²) in [6, 6.07) is 9.26. The average molecular weight is 209 g/mol. The molecule has 1 N–H and O–H groups in total. The molecule has 3 heteroatoms. The van der Waals surface area contributed by atoms with Gasteiger partial charge in [-0.2, -0.15) is 0 Å². The second kappa shape index (κ2) is 4.49. The van der Waals surface area contributed by atoms with Gasteiger partial charge >= 0.3 is 18.9 Å². The average Bonchev–Trinajstić information content (AvgIpc) is 2.15. The number of phenolic OH excluding ortho intramolecular Hbond substituents is 1. The van der Waals surface area contributed by atoms with Crippen molar-refractivity contribution in [3.8, 4) is 5.75 Å². The van der Waals surface area contributed by atoms with Gasteiger partial charge in [-0.1, -0.05) is 26.8 Å². The molecule has 0 atom stereocenters. The van der Waals surface area contributed by atoms with Crippen LogP contribution in [-0.2, 0) is 5.41 Å². The van der Waals surface area contributed by atoms with Gasteiger partial charge in [0.05, 0.1) is 5.52 Å². The van der Waals surface area contributed by atoms with E-state index in [2.05, 4.69) is 25.8 Å². The molecule has 0 aliphatic heterocycles. The van der Waals surface area contributed by atoms with Gasteiger partial charge < -0.3 is 6.53 Å². The zero-order valence-corrected chi connectivity index (χ0v) is 10.3. The molecule has 0 saturated heterocycles. The van der Waals surface area contributed by atoms with E-state index in [9.17, 15) is 5.11 Å². The molecule has 80 valence electrons. The number of aromatic hydroxyl groups is 1. The van der Waals surface area contributed by atoms with Crippen LogP contribution in [0.1, 0.15) is 27.9 Å². The zero-order chi connectivity index (χ0) is 11.1. The number of aromatic nitrogens is 1. The second-order valence-electron chi connectivity index (χ2n) is 4.82. The summed E-state index contributed by atoms with van der Waals surface area (Å²) in [6.45, 7) is 6.42.